The monoisotopic (exact) mass is 401 g/mol. The van der Waals surface area contributed by atoms with Gasteiger partial charge in [0.05, 0.1) is 0 Å². The third kappa shape index (κ3) is 3.10. The van der Waals surface area contributed by atoms with E-state index >= 15 is 0 Å². The molecule has 4 heteroatoms. The molecule has 1 aromatic heterocycles. The first-order chi connectivity index (χ1) is 14.7. The SMILES string of the molecule is O=C(NC12CC3CC(CC(C3)C1)C2)c1oc2ccccc2c1COc1ccccc1. The van der Waals surface area contributed by atoms with Crippen LogP contribution < -0.4 is 10.1 Å². The Bertz CT molecular complexity index is 1050. The first-order valence-corrected chi connectivity index (χ1v) is 11.2. The van der Waals surface area contributed by atoms with Gasteiger partial charge in [-0.2, -0.15) is 0 Å². The molecule has 4 fully saturated rings. The second-order valence-corrected chi connectivity index (χ2v) is 9.66. The quantitative estimate of drug-likeness (QED) is 0.596. The number of carbonyl (C=O) groups excluding carboxylic acids is 1. The molecule has 4 aliphatic carbocycles. The molecule has 0 atom stereocenters. The Hall–Kier alpha value is -2.75. The summed E-state index contributed by atoms with van der Waals surface area (Å²) in [5.41, 5.74) is 1.53. The number of benzene rings is 2. The molecular formula is C26H27NO3. The molecule has 30 heavy (non-hydrogen) atoms. The lowest BCUT2D eigenvalue weighted by Gasteiger charge is -2.56. The Balaban J connectivity index is 1.30. The zero-order valence-corrected chi connectivity index (χ0v) is 17.1. The highest BCUT2D eigenvalue weighted by Crippen LogP contribution is 2.55. The summed E-state index contributed by atoms with van der Waals surface area (Å²) in [6.45, 7) is 0.310. The average Bonchev–Trinajstić information content (AvgIpc) is 3.10. The van der Waals surface area contributed by atoms with Gasteiger partial charge in [-0.15, -0.1) is 0 Å². The molecule has 4 nitrogen and oxygen atoms in total. The number of rotatable bonds is 5. The van der Waals surface area contributed by atoms with E-state index in [0.717, 1.165) is 59.3 Å². The summed E-state index contributed by atoms with van der Waals surface area (Å²) in [6.07, 6.45) is 7.45. The van der Waals surface area contributed by atoms with Crippen LogP contribution in [0, 0.1) is 17.8 Å². The van der Waals surface area contributed by atoms with Crippen molar-refractivity contribution in [2.75, 3.05) is 0 Å². The van der Waals surface area contributed by atoms with Crippen molar-refractivity contribution in [3.8, 4) is 5.75 Å². The summed E-state index contributed by atoms with van der Waals surface area (Å²) in [5.74, 6) is 3.47. The van der Waals surface area contributed by atoms with Crippen molar-refractivity contribution < 1.29 is 13.9 Å². The van der Waals surface area contributed by atoms with Crippen molar-refractivity contribution >= 4 is 16.9 Å². The molecule has 4 aliphatic rings. The third-order valence-electron chi connectivity index (χ3n) is 7.45. The summed E-state index contributed by atoms with van der Waals surface area (Å²) in [6, 6.07) is 17.6. The number of hydrogen-bond acceptors (Lipinski definition) is 3. The van der Waals surface area contributed by atoms with Crippen LogP contribution in [-0.4, -0.2) is 11.4 Å². The minimum atomic E-state index is -0.0835. The van der Waals surface area contributed by atoms with E-state index in [9.17, 15) is 4.79 Å². The van der Waals surface area contributed by atoms with Crippen LogP contribution >= 0.6 is 0 Å². The molecule has 1 amide bonds. The van der Waals surface area contributed by atoms with Gasteiger partial charge in [-0.3, -0.25) is 4.79 Å². The second kappa shape index (κ2) is 6.90. The predicted octanol–water partition coefficient (Wildman–Crippen LogP) is 5.71. The van der Waals surface area contributed by atoms with Crippen molar-refractivity contribution in [1.82, 2.24) is 5.32 Å². The summed E-state index contributed by atoms with van der Waals surface area (Å²) >= 11 is 0. The first kappa shape index (κ1) is 18.1. The molecule has 2 aromatic carbocycles. The summed E-state index contributed by atoms with van der Waals surface area (Å²) < 4.78 is 12.1. The number of amides is 1. The summed E-state index contributed by atoms with van der Waals surface area (Å²) in [5, 5.41) is 4.40. The molecule has 0 aliphatic heterocycles. The van der Waals surface area contributed by atoms with E-state index in [1.807, 2.05) is 54.6 Å². The van der Waals surface area contributed by atoms with Gasteiger partial charge < -0.3 is 14.5 Å². The fourth-order valence-electron chi connectivity index (χ4n) is 6.66. The molecule has 154 valence electrons. The topological polar surface area (TPSA) is 51.5 Å². The average molecular weight is 402 g/mol. The number of carbonyl (C=O) groups is 1. The maximum absolute atomic E-state index is 13.5. The van der Waals surface area contributed by atoms with E-state index < -0.39 is 0 Å². The molecule has 0 radical (unpaired) electrons. The lowest BCUT2D eigenvalue weighted by molar-refractivity contribution is -0.0171. The van der Waals surface area contributed by atoms with E-state index in [2.05, 4.69) is 5.32 Å². The number of ether oxygens (including phenoxy) is 1. The van der Waals surface area contributed by atoms with Crippen LogP contribution in [0.25, 0.3) is 11.0 Å². The van der Waals surface area contributed by atoms with E-state index in [0.29, 0.717) is 12.4 Å². The van der Waals surface area contributed by atoms with Gasteiger partial charge in [0.2, 0.25) is 0 Å². The van der Waals surface area contributed by atoms with E-state index in [4.69, 9.17) is 9.15 Å². The molecular weight excluding hydrogens is 374 g/mol. The molecule has 0 saturated heterocycles. The van der Waals surface area contributed by atoms with Crippen LogP contribution in [0.5, 0.6) is 5.75 Å². The molecule has 0 spiro atoms. The predicted molar refractivity (Wildman–Crippen MR) is 115 cm³/mol. The maximum atomic E-state index is 13.5. The van der Waals surface area contributed by atoms with Crippen LogP contribution in [0.1, 0.15) is 54.6 Å². The Morgan fingerprint density at radius 2 is 1.57 bits per heavy atom. The maximum Gasteiger partial charge on any atom is 0.287 e. The van der Waals surface area contributed by atoms with Crippen LogP contribution in [0.15, 0.2) is 59.0 Å². The van der Waals surface area contributed by atoms with E-state index in [1.54, 1.807) is 0 Å². The fraction of sp³-hybridized carbons (Fsp3) is 0.423. The second-order valence-electron chi connectivity index (χ2n) is 9.66. The van der Waals surface area contributed by atoms with Gasteiger partial charge >= 0.3 is 0 Å². The van der Waals surface area contributed by atoms with Crippen molar-refractivity contribution in [3.63, 3.8) is 0 Å². The van der Waals surface area contributed by atoms with Gasteiger partial charge in [-0.05, 0) is 74.5 Å². The van der Waals surface area contributed by atoms with Gasteiger partial charge in [0.15, 0.2) is 5.76 Å². The van der Waals surface area contributed by atoms with E-state index in [1.165, 1.54) is 19.3 Å². The minimum absolute atomic E-state index is 0.0393. The molecule has 4 bridgehead atoms. The van der Waals surface area contributed by atoms with Gasteiger partial charge in [-0.25, -0.2) is 0 Å². The highest BCUT2D eigenvalue weighted by atomic mass is 16.5. The Morgan fingerprint density at radius 3 is 2.27 bits per heavy atom. The van der Waals surface area contributed by atoms with Crippen molar-refractivity contribution in [3.05, 3.63) is 65.9 Å². The number of hydrogen-bond donors (Lipinski definition) is 1. The molecule has 0 unspecified atom stereocenters. The summed E-state index contributed by atoms with van der Waals surface area (Å²) in [7, 11) is 0. The zero-order valence-electron chi connectivity index (χ0n) is 17.1. The fourth-order valence-corrected chi connectivity index (χ4v) is 6.66. The Morgan fingerprint density at radius 1 is 0.933 bits per heavy atom. The lowest BCUT2D eigenvalue weighted by atomic mass is 9.53. The smallest absolute Gasteiger partial charge is 0.287 e. The Labute approximate surface area is 176 Å². The van der Waals surface area contributed by atoms with Gasteiger partial charge in [0, 0.05) is 16.5 Å². The van der Waals surface area contributed by atoms with Gasteiger partial charge in [-0.1, -0.05) is 36.4 Å². The van der Waals surface area contributed by atoms with Crippen LogP contribution in [0.3, 0.4) is 0 Å². The normalized spacial score (nSPS) is 29.3. The minimum Gasteiger partial charge on any atom is -0.489 e. The molecule has 1 N–H and O–H groups in total. The molecule has 4 saturated carbocycles. The zero-order chi connectivity index (χ0) is 20.1. The molecule has 3 aromatic rings. The summed E-state index contributed by atoms with van der Waals surface area (Å²) in [4.78, 5) is 13.5. The van der Waals surface area contributed by atoms with Gasteiger partial charge in [0.1, 0.15) is 17.9 Å². The van der Waals surface area contributed by atoms with E-state index in [-0.39, 0.29) is 11.4 Å². The number of furan rings is 1. The number of nitrogens with one attached hydrogen (secondary N) is 1. The van der Waals surface area contributed by atoms with Crippen molar-refractivity contribution in [1.29, 1.82) is 0 Å². The standard InChI is InChI=1S/C26H27NO3/c28-25(27-26-13-17-10-18(14-26)12-19(11-17)15-26)24-22(16-29-20-6-2-1-3-7-20)21-8-4-5-9-23(21)30-24/h1-9,17-19H,10-16H2,(H,27,28). The first-order valence-electron chi connectivity index (χ1n) is 11.2. The number of fused-ring (bicyclic) bond motifs is 1. The number of para-hydroxylation sites is 2. The lowest BCUT2D eigenvalue weighted by Crippen LogP contribution is -2.59. The largest absolute Gasteiger partial charge is 0.489 e. The van der Waals surface area contributed by atoms with Crippen molar-refractivity contribution in [2.45, 2.75) is 50.7 Å². The third-order valence-corrected chi connectivity index (χ3v) is 7.45. The Kier molecular flexibility index (Phi) is 4.15. The molecule has 7 rings (SSSR count). The van der Waals surface area contributed by atoms with Crippen LogP contribution in [0.4, 0.5) is 0 Å². The van der Waals surface area contributed by atoms with Crippen LogP contribution in [0.2, 0.25) is 0 Å². The highest BCUT2D eigenvalue weighted by molar-refractivity contribution is 5.99. The highest BCUT2D eigenvalue weighted by Gasteiger charge is 2.51. The van der Waals surface area contributed by atoms with Gasteiger partial charge in [0.25, 0.3) is 5.91 Å². The molecule has 1 heterocycles. The van der Waals surface area contributed by atoms with Crippen molar-refractivity contribution in [2.24, 2.45) is 17.8 Å². The van der Waals surface area contributed by atoms with Crippen LogP contribution in [-0.2, 0) is 6.61 Å².